The van der Waals surface area contributed by atoms with Crippen LogP contribution in [0.15, 0.2) is 12.4 Å². The third-order valence-corrected chi connectivity index (χ3v) is 4.52. The highest BCUT2D eigenvalue weighted by Crippen LogP contribution is 2.16. The minimum atomic E-state index is -0.186. The SMILES string of the molecule is CCn1cc(CN2CCCN(C(=O)[C@H]3CCCO3)CC2)cn1. The molecule has 0 radical (unpaired) electrons. The van der Waals surface area contributed by atoms with Crippen LogP contribution >= 0.6 is 0 Å². The van der Waals surface area contributed by atoms with Crippen LogP contribution in [0, 0.1) is 0 Å². The quantitative estimate of drug-likeness (QED) is 0.836. The Balaban J connectivity index is 1.52. The Kier molecular flexibility index (Phi) is 5.10. The fourth-order valence-electron chi connectivity index (χ4n) is 3.24. The molecule has 1 amide bonds. The molecular formula is C16H26N4O2. The molecule has 0 unspecified atom stereocenters. The van der Waals surface area contributed by atoms with Gasteiger partial charge in [-0.15, -0.1) is 0 Å². The van der Waals surface area contributed by atoms with Crippen molar-refractivity contribution >= 4 is 5.91 Å². The van der Waals surface area contributed by atoms with Crippen LogP contribution in [0.3, 0.4) is 0 Å². The van der Waals surface area contributed by atoms with E-state index in [1.54, 1.807) is 0 Å². The smallest absolute Gasteiger partial charge is 0.251 e. The first kappa shape index (κ1) is 15.5. The molecule has 3 rings (SSSR count). The minimum Gasteiger partial charge on any atom is -0.368 e. The summed E-state index contributed by atoms with van der Waals surface area (Å²) in [5, 5.41) is 4.33. The van der Waals surface area contributed by atoms with Gasteiger partial charge in [-0.05, 0) is 26.2 Å². The van der Waals surface area contributed by atoms with Crippen molar-refractivity contribution in [3.63, 3.8) is 0 Å². The number of ether oxygens (including phenoxy) is 1. The fourth-order valence-corrected chi connectivity index (χ4v) is 3.24. The van der Waals surface area contributed by atoms with Gasteiger partial charge in [0.15, 0.2) is 0 Å². The maximum atomic E-state index is 12.4. The van der Waals surface area contributed by atoms with E-state index < -0.39 is 0 Å². The van der Waals surface area contributed by atoms with Crippen LogP contribution in [0.4, 0.5) is 0 Å². The lowest BCUT2D eigenvalue weighted by atomic mass is 10.2. The van der Waals surface area contributed by atoms with Crippen molar-refractivity contribution in [2.24, 2.45) is 0 Å². The highest BCUT2D eigenvalue weighted by Gasteiger charge is 2.29. The van der Waals surface area contributed by atoms with Crippen LogP contribution in [0.25, 0.3) is 0 Å². The van der Waals surface area contributed by atoms with E-state index in [9.17, 15) is 4.79 Å². The number of amides is 1. The third kappa shape index (κ3) is 3.67. The molecule has 0 aromatic carbocycles. The average Bonchev–Trinajstić information content (AvgIpc) is 3.16. The summed E-state index contributed by atoms with van der Waals surface area (Å²) in [5.74, 6) is 0.193. The van der Waals surface area contributed by atoms with Gasteiger partial charge in [0, 0.05) is 57.6 Å². The molecule has 2 saturated heterocycles. The van der Waals surface area contributed by atoms with Crippen molar-refractivity contribution in [1.29, 1.82) is 0 Å². The largest absolute Gasteiger partial charge is 0.368 e. The van der Waals surface area contributed by atoms with E-state index in [1.165, 1.54) is 5.56 Å². The number of hydrogen-bond acceptors (Lipinski definition) is 4. The fraction of sp³-hybridized carbons (Fsp3) is 0.750. The second-order valence-corrected chi connectivity index (χ2v) is 6.16. The van der Waals surface area contributed by atoms with Crippen LogP contribution in [-0.4, -0.2) is 64.4 Å². The van der Waals surface area contributed by atoms with Gasteiger partial charge in [0.2, 0.25) is 0 Å². The van der Waals surface area contributed by atoms with E-state index in [0.29, 0.717) is 0 Å². The molecule has 6 nitrogen and oxygen atoms in total. The van der Waals surface area contributed by atoms with Crippen molar-refractivity contribution in [3.8, 4) is 0 Å². The molecule has 6 heteroatoms. The lowest BCUT2D eigenvalue weighted by Crippen LogP contribution is -2.41. The Morgan fingerprint density at radius 1 is 1.32 bits per heavy atom. The summed E-state index contributed by atoms with van der Waals surface area (Å²) in [6.45, 7) is 8.27. The molecule has 1 atom stereocenters. The molecule has 0 N–H and O–H groups in total. The van der Waals surface area contributed by atoms with E-state index in [1.807, 2.05) is 15.8 Å². The van der Waals surface area contributed by atoms with Gasteiger partial charge in [0.05, 0.1) is 6.20 Å². The zero-order valence-corrected chi connectivity index (χ0v) is 13.4. The molecule has 3 heterocycles. The maximum Gasteiger partial charge on any atom is 0.251 e. The Morgan fingerprint density at radius 3 is 2.95 bits per heavy atom. The summed E-state index contributed by atoms with van der Waals surface area (Å²) in [5.41, 5.74) is 1.25. The van der Waals surface area contributed by atoms with Gasteiger partial charge in [0.1, 0.15) is 6.10 Å². The van der Waals surface area contributed by atoms with Crippen LogP contribution in [-0.2, 0) is 22.6 Å². The van der Waals surface area contributed by atoms with Crippen molar-refractivity contribution in [3.05, 3.63) is 18.0 Å². The van der Waals surface area contributed by atoms with Gasteiger partial charge in [-0.25, -0.2) is 0 Å². The Labute approximate surface area is 132 Å². The van der Waals surface area contributed by atoms with Gasteiger partial charge in [-0.3, -0.25) is 14.4 Å². The summed E-state index contributed by atoms with van der Waals surface area (Å²) < 4.78 is 7.49. The molecule has 2 fully saturated rings. The molecule has 0 saturated carbocycles. The first-order valence-corrected chi connectivity index (χ1v) is 8.40. The second kappa shape index (κ2) is 7.24. The lowest BCUT2D eigenvalue weighted by Gasteiger charge is -2.24. The molecule has 1 aromatic rings. The standard InChI is InChI=1S/C16H26N4O2/c1-2-20-13-14(11-17-20)12-18-6-4-7-19(9-8-18)16(21)15-5-3-10-22-15/h11,13,15H,2-10,12H2,1H3/t15-/m1/s1. The average molecular weight is 306 g/mol. The highest BCUT2D eigenvalue weighted by atomic mass is 16.5. The zero-order valence-electron chi connectivity index (χ0n) is 13.4. The van der Waals surface area contributed by atoms with Gasteiger partial charge in [-0.1, -0.05) is 0 Å². The molecule has 2 aliphatic heterocycles. The van der Waals surface area contributed by atoms with Crippen molar-refractivity contribution in [2.45, 2.75) is 45.4 Å². The molecule has 0 spiro atoms. The number of aryl methyl sites for hydroxylation is 1. The topological polar surface area (TPSA) is 50.6 Å². The number of nitrogens with zero attached hydrogens (tertiary/aromatic N) is 4. The van der Waals surface area contributed by atoms with Crippen LogP contribution < -0.4 is 0 Å². The molecular weight excluding hydrogens is 280 g/mol. The summed E-state index contributed by atoms with van der Waals surface area (Å²) in [6.07, 6.45) is 6.80. The molecule has 22 heavy (non-hydrogen) atoms. The summed E-state index contributed by atoms with van der Waals surface area (Å²) >= 11 is 0. The summed E-state index contributed by atoms with van der Waals surface area (Å²) in [6, 6.07) is 0. The predicted molar refractivity (Wildman–Crippen MR) is 83.3 cm³/mol. The predicted octanol–water partition coefficient (Wildman–Crippen LogP) is 1.12. The molecule has 0 aliphatic carbocycles. The van der Waals surface area contributed by atoms with E-state index in [4.69, 9.17) is 4.74 Å². The van der Waals surface area contributed by atoms with Gasteiger partial charge in [-0.2, -0.15) is 5.10 Å². The first-order chi connectivity index (χ1) is 10.8. The monoisotopic (exact) mass is 306 g/mol. The van der Waals surface area contributed by atoms with E-state index in [-0.39, 0.29) is 12.0 Å². The number of hydrogen-bond donors (Lipinski definition) is 0. The zero-order chi connectivity index (χ0) is 15.4. The van der Waals surface area contributed by atoms with E-state index >= 15 is 0 Å². The van der Waals surface area contributed by atoms with Crippen LogP contribution in [0.2, 0.25) is 0 Å². The van der Waals surface area contributed by atoms with Gasteiger partial charge in [0.25, 0.3) is 5.91 Å². The Morgan fingerprint density at radius 2 is 2.23 bits per heavy atom. The Bertz CT molecular complexity index is 496. The lowest BCUT2D eigenvalue weighted by molar-refractivity contribution is -0.140. The molecule has 2 aliphatic rings. The first-order valence-electron chi connectivity index (χ1n) is 8.40. The Hall–Kier alpha value is -1.40. The van der Waals surface area contributed by atoms with Crippen LogP contribution in [0.1, 0.15) is 31.7 Å². The minimum absolute atomic E-state index is 0.186. The van der Waals surface area contributed by atoms with Crippen molar-refractivity contribution in [2.75, 3.05) is 32.8 Å². The summed E-state index contributed by atoms with van der Waals surface area (Å²) in [7, 11) is 0. The highest BCUT2D eigenvalue weighted by molar-refractivity contribution is 5.81. The number of aromatic nitrogens is 2. The van der Waals surface area contributed by atoms with Gasteiger partial charge < -0.3 is 9.64 Å². The number of carbonyl (C=O) groups is 1. The summed E-state index contributed by atoms with van der Waals surface area (Å²) in [4.78, 5) is 16.8. The molecule has 1 aromatic heterocycles. The van der Waals surface area contributed by atoms with Crippen molar-refractivity contribution in [1.82, 2.24) is 19.6 Å². The number of carbonyl (C=O) groups excluding carboxylic acids is 1. The number of rotatable bonds is 4. The van der Waals surface area contributed by atoms with Crippen molar-refractivity contribution < 1.29 is 9.53 Å². The maximum absolute atomic E-state index is 12.4. The van der Waals surface area contributed by atoms with E-state index in [0.717, 1.165) is 65.1 Å². The van der Waals surface area contributed by atoms with E-state index in [2.05, 4.69) is 23.1 Å². The molecule has 122 valence electrons. The van der Waals surface area contributed by atoms with Gasteiger partial charge >= 0.3 is 0 Å². The molecule has 0 bridgehead atoms. The third-order valence-electron chi connectivity index (χ3n) is 4.52. The normalized spacial score (nSPS) is 23.7. The van der Waals surface area contributed by atoms with Crippen LogP contribution in [0.5, 0.6) is 0 Å². The second-order valence-electron chi connectivity index (χ2n) is 6.16.